The highest BCUT2D eigenvalue weighted by Gasteiger charge is 2.23. The largest absolute Gasteiger partial charge is 0.480 e. The van der Waals surface area contributed by atoms with E-state index in [2.05, 4.69) is 5.32 Å². The van der Waals surface area contributed by atoms with Crippen molar-refractivity contribution in [1.29, 1.82) is 0 Å². The summed E-state index contributed by atoms with van der Waals surface area (Å²) in [4.78, 5) is 36.3. The van der Waals surface area contributed by atoms with E-state index in [9.17, 15) is 14.4 Å². The molecule has 1 unspecified atom stereocenters. The van der Waals surface area contributed by atoms with Crippen LogP contribution in [0.1, 0.15) is 6.42 Å². The van der Waals surface area contributed by atoms with Gasteiger partial charge in [-0.25, -0.2) is 9.59 Å². The average Bonchev–Trinajstić information content (AvgIpc) is 2.23. The summed E-state index contributed by atoms with van der Waals surface area (Å²) in [6, 6.07) is -1.85. The summed E-state index contributed by atoms with van der Waals surface area (Å²) in [5, 5.41) is 11.1. The van der Waals surface area contributed by atoms with E-state index < -0.39 is 30.4 Å². The van der Waals surface area contributed by atoms with Crippen molar-refractivity contribution in [3.05, 3.63) is 0 Å². The zero-order valence-electron chi connectivity index (χ0n) is 10.8. The molecule has 0 aromatic rings. The molecule has 3 amide bonds. The minimum absolute atomic E-state index is 0.428. The van der Waals surface area contributed by atoms with Gasteiger partial charge in [0, 0.05) is 20.1 Å². The van der Waals surface area contributed by atoms with Crippen LogP contribution in [0, 0.1) is 0 Å². The number of carboxylic acid groups (broad SMARTS) is 1. The molecule has 0 saturated heterocycles. The Morgan fingerprint density at radius 3 is 2.17 bits per heavy atom. The van der Waals surface area contributed by atoms with Crippen molar-refractivity contribution in [3.8, 4) is 0 Å². The van der Waals surface area contributed by atoms with Crippen LogP contribution in [0.5, 0.6) is 0 Å². The highest BCUT2D eigenvalue weighted by molar-refractivity contribution is 5.87. The van der Waals surface area contributed by atoms with Crippen LogP contribution in [0.15, 0.2) is 0 Å². The summed E-state index contributed by atoms with van der Waals surface area (Å²) >= 11 is 0. The minimum Gasteiger partial charge on any atom is -0.480 e. The first-order valence-corrected chi connectivity index (χ1v) is 5.41. The summed E-state index contributed by atoms with van der Waals surface area (Å²) in [6.45, 7) is 1.10. The molecule has 8 heteroatoms. The number of nitrogens with two attached hydrogens (primary N) is 1. The molecule has 0 fully saturated rings. The zero-order chi connectivity index (χ0) is 14.3. The normalized spacial score (nSPS) is 12.0. The van der Waals surface area contributed by atoms with Crippen molar-refractivity contribution in [2.45, 2.75) is 12.5 Å². The van der Waals surface area contributed by atoms with Gasteiger partial charge in [0.2, 0.25) is 5.91 Å². The Morgan fingerprint density at radius 2 is 1.78 bits per heavy atom. The number of nitrogens with one attached hydrogen (secondary N) is 1. The molecule has 0 aromatic carbocycles. The lowest BCUT2D eigenvalue weighted by molar-refractivity contribution is -0.140. The molecule has 0 saturated carbocycles. The molecular weight excluding hydrogens is 240 g/mol. The van der Waals surface area contributed by atoms with E-state index in [0.717, 1.165) is 0 Å². The van der Waals surface area contributed by atoms with Gasteiger partial charge in [0.15, 0.2) is 0 Å². The first-order chi connectivity index (χ1) is 8.23. The maximum absolute atomic E-state index is 11.6. The monoisotopic (exact) mass is 260 g/mol. The summed E-state index contributed by atoms with van der Waals surface area (Å²) in [6.07, 6.45) is -0.428. The fourth-order valence-corrected chi connectivity index (χ4v) is 1.11. The van der Waals surface area contributed by atoms with Gasteiger partial charge in [0.25, 0.3) is 0 Å². The highest BCUT2D eigenvalue weighted by Crippen LogP contribution is 1.94. The molecule has 0 aromatic heterocycles. The number of rotatable bonds is 7. The predicted molar refractivity (Wildman–Crippen MR) is 65.0 cm³/mol. The Hall–Kier alpha value is -1.83. The van der Waals surface area contributed by atoms with E-state index in [0.29, 0.717) is 13.1 Å². The molecule has 0 radical (unpaired) electrons. The molecule has 0 aliphatic heterocycles. The maximum atomic E-state index is 11.6. The first-order valence-electron chi connectivity index (χ1n) is 5.41. The van der Waals surface area contributed by atoms with Crippen molar-refractivity contribution in [2.75, 3.05) is 34.2 Å². The number of nitrogens with zero attached hydrogens (tertiary/aromatic N) is 2. The summed E-state index contributed by atoms with van der Waals surface area (Å²) in [7, 11) is 5.26. The number of primary amides is 1. The van der Waals surface area contributed by atoms with Crippen LogP contribution in [0.25, 0.3) is 0 Å². The van der Waals surface area contributed by atoms with Gasteiger partial charge in [-0.2, -0.15) is 0 Å². The van der Waals surface area contributed by atoms with Crippen LogP contribution >= 0.6 is 0 Å². The third-order valence-electron chi connectivity index (χ3n) is 2.23. The highest BCUT2D eigenvalue weighted by atomic mass is 16.4. The molecule has 0 spiro atoms. The maximum Gasteiger partial charge on any atom is 0.326 e. The van der Waals surface area contributed by atoms with E-state index >= 15 is 0 Å². The zero-order valence-corrected chi connectivity index (χ0v) is 10.8. The van der Waals surface area contributed by atoms with E-state index in [1.165, 1.54) is 4.90 Å². The van der Waals surface area contributed by atoms with Gasteiger partial charge in [-0.05, 0) is 14.1 Å². The van der Waals surface area contributed by atoms with Gasteiger partial charge in [-0.15, -0.1) is 0 Å². The molecule has 4 N–H and O–H groups in total. The van der Waals surface area contributed by atoms with E-state index in [1.54, 1.807) is 7.05 Å². The van der Waals surface area contributed by atoms with Crippen LogP contribution in [-0.2, 0) is 9.59 Å². The smallest absolute Gasteiger partial charge is 0.326 e. The number of carbonyl (C=O) groups excluding carboxylic acids is 2. The Labute approximate surface area is 106 Å². The molecule has 0 rings (SSSR count). The molecule has 18 heavy (non-hydrogen) atoms. The lowest BCUT2D eigenvalue weighted by Crippen LogP contribution is -2.49. The van der Waals surface area contributed by atoms with Crippen molar-refractivity contribution < 1.29 is 19.5 Å². The summed E-state index contributed by atoms with van der Waals surface area (Å²) in [5.41, 5.74) is 4.91. The number of carbonyl (C=O) groups is 3. The van der Waals surface area contributed by atoms with Crippen LogP contribution in [0.4, 0.5) is 4.79 Å². The summed E-state index contributed by atoms with van der Waals surface area (Å²) < 4.78 is 0. The van der Waals surface area contributed by atoms with Gasteiger partial charge in [0.05, 0.1) is 6.42 Å². The van der Waals surface area contributed by atoms with Gasteiger partial charge >= 0.3 is 12.0 Å². The molecule has 1 atom stereocenters. The molecule has 0 aliphatic rings. The Balaban J connectivity index is 4.32. The number of hydrogen-bond acceptors (Lipinski definition) is 4. The number of likely N-dealkylation sites (N-methyl/N-ethyl adjacent to an activating group) is 2. The van der Waals surface area contributed by atoms with Crippen LogP contribution in [0.2, 0.25) is 0 Å². The molecule has 0 aliphatic carbocycles. The van der Waals surface area contributed by atoms with Gasteiger partial charge in [-0.3, -0.25) is 4.79 Å². The molecule has 104 valence electrons. The minimum atomic E-state index is -1.29. The van der Waals surface area contributed by atoms with Crippen LogP contribution in [-0.4, -0.2) is 73.1 Å². The summed E-state index contributed by atoms with van der Waals surface area (Å²) in [5.74, 6) is -2.07. The topological polar surface area (TPSA) is 116 Å². The number of aliphatic carboxylic acids is 1. The predicted octanol–water partition coefficient (Wildman–Crippen LogP) is -1.48. The van der Waals surface area contributed by atoms with Crippen molar-refractivity contribution in [2.24, 2.45) is 5.73 Å². The second-order valence-corrected chi connectivity index (χ2v) is 4.24. The van der Waals surface area contributed by atoms with E-state index in [1.807, 2.05) is 19.0 Å². The molecule has 0 heterocycles. The van der Waals surface area contributed by atoms with Crippen molar-refractivity contribution >= 4 is 17.9 Å². The Kier molecular flexibility index (Phi) is 6.73. The fraction of sp³-hybridized carbons (Fsp3) is 0.700. The quantitative estimate of drug-likeness (QED) is 0.516. The van der Waals surface area contributed by atoms with Gasteiger partial charge in [0.1, 0.15) is 6.04 Å². The molecule has 8 nitrogen and oxygen atoms in total. The van der Waals surface area contributed by atoms with Gasteiger partial charge in [-0.1, -0.05) is 0 Å². The molecular formula is C10H20N4O4. The second-order valence-electron chi connectivity index (χ2n) is 4.24. The third kappa shape index (κ3) is 6.69. The lowest BCUT2D eigenvalue weighted by Gasteiger charge is -2.22. The standard InChI is InChI=1S/C10H20N4O4/c1-13(2)4-5-14(3)10(18)12-7(9(16)17)6-8(11)15/h7H,4-6H2,1-3H3,(H2,11,15)(H,12,18)(H,16,17). The SMILES string of the molecule is CN(C)CCN(C)C(=O)NC(CC(N)=O)C(=O)O. The second kappa shape index (κ2) is 7.49. The first kappa shape index (κ1) is 16.2. The van der Waals surface area contributed by atoms with Crippen LogP contribution in [0.3, 0.4) is 0 Å². The van der Waals surface area contributed by atoms with E-state index in [4.69, 9.17) is 10.8 Å². The average molecular weight is 260 g/mol. The van der Waals surface area contributed by atoms with Gasteiger partial charge < -0.3 is 26.0 Å². The number of carboxylic acids is 1. The number of hydrogen-bond donors (Lipinski definition) is 3. The fourth-order valence-electron chi connectivity index (χ4n) is 1.11. The van der Waals surface area contributed by atoms with Crippen molar-refractivity contribution in [1.82, 2.24) is 15.1 Å². The number of amides is 3. The Morgan fingerprint density at radius 1 is 1.22 bits per heavy atom. The number of urea groups is 1. The molecule has 0 bridgehead atoms. The van der Waals surface area contributed by atoms with Crippen molar-refractivity contribution in [3.63, 3.8) is 0 Å². The van der Waals surface area contributed by atoms with E-state index in [-0.39, 0.29) is 0 Å². The third-order valence-corrected chi connectivity index (χ3v) is 2.23. The Bertz CT molecular complexity index is 319. The van der Waals surface area contributed by atoms with Crippen LogP contribution < -0.4 is 11.1 Å². The lowest BCUT2D eigenvalue weighted by atomic mass is 10.2.